The molecule has 7 nitrogen and oxygen atoms in total. The van der Waals surface area contributed by atoms with E-state index in [-0.39, 0.29) is 18.1 Å². The zero-order valence-electron chi connectivity index (χ0n) is 13.6. The highest BCUT2D eigenvalue weighted by molar-refractivity contribution is 6.00. The number of aromatic amines is 1. The van der Waals surface area contributed by atoms with Gasteiger partial charge in [0.25, 0.3) is 5.91 Å². The van der Waals surface area contributed by atoms with Crippen LogP contribution < -0.4 is 5.32 Å². The molecule has 4 rings (SSSR count). The van der Waals surface area contributed by atoms with E-state index in [2.05, 4.69) is 32.3 Å². The number of hydrogen-bond acceptors (Lipinski definition) is 5. The van der Waals surface area contributed by atoms with Gasteiger partial charge in [-0.2, -0.15) is 5.10 Å². The number of hydrogen-bond donors (Lipinski definition) is 2. The van der Waals surface area contributed by atoms with Gasteiger partial charge in [0.1, 0.15) is 6.33 Å². The van der Waals surface area contributed by atoms with E-state index < -0.39 is 0 Å². The van der Waals surface area contributed by atoms with E-state index in [1.54, 1.807) is 0 Å². The van der Waals surface area contributed by atoms with Gasteiger partial charge in [0.2, 0.25) is 0 Å². The van der Waals surface area contributed by atoms with Crippen LogP contribution in [0.25, 0.3) is 11.4 Å². The number of fused-ring (bicyclic) bond motifs is 1. The maximum atomic E-state index is 12.8. The molecule has 0 radical (unpaired) electrons. The number of carbonyl (C=O) groups is 1. The van der Waals surface area contributed by atoms with Crippen LogP contribution in [0.1, 0.15) is 23.7 Å². The molecule has 24 heavy (non-hydrogen) atoms. The molecule has 3 heterocycles. The van der Waals surface area contributed by atoms with E-state index in [0.717, 1.165) is 31.7 Å². The summed E-state index contributed by atoms with van der Waals surface area (Å²) in [5.74, 6) is 0.535. The zero-order chi connectivity index (χ0) is 16.5. The molecule has 2 aliphatic heterocycles. The second-order valence-corrected chi connectivity index (χ2v) is 6.54. The predicted octanol–water partition coefficient (Wildman–Crippen LogP) is 1.06. The molecule has 0 saturated carbocycles. The highest BCUT2D eigenvalue weighted by atomic mass is 16.5. The largest absolute Gasteiger partial charge is 0.376 e. The van der Waals surface area contributed by atoms with Crippen LogP contribution in [0.15, 0.2) is 30.6 Å². The highest BCUT2D eigenvalue weighted by Gasteiger charge is 2.37. The van der Waals surface area contributed by atoms with Crippen molar-refractivity contribution in [2.75, 3.05) is 19.7 Å². The Kier molecular flexibility index (Phi) is 4.03. The molecule has 2 saturated heterocycles. The van der Waals surface area contributed by atoms with Gasteiger partial charge in [-0.3, -0.25) is 14.8 Å². The van der Waals surface area contributed by atoms with Crippen molar-refractivity contribution in [3.63, 3.8) is 0 Å². The molecule has 1 aromatic heterocycles. The van der Waals surface area contributed by atoms with Gasteiger partial charge in [0, 0.05) is 30.7 Å². The second kappa shape index (κ2) is 6.33. The molecule has 2 fully saturated rings. The van der Waals surface area contributed by atoms with Gasteiger partial charge in [0.05, 0.1) is 18.3 Å². The molecule has 1 aromatic carbocycles. The van der Waals surface area contributed by atoms with Crippen LogP contribution in [-0.2, 0) is 4.74 Å². The van der Waals surface area contributed by atoms with Gasteiger partial charge < -0.3 is 10.1 Å². The minimum absolute atomic E-state index is 0.0687. The summed E-state index contributed by atoms with van der Waals surface area (Å²) in [6.07, 6.45) is 2.64. The smallest absolute Gasteiger partial charge is 0.252 e. The van der Waals surface area contributed by atoms with E-state index in [1.807, 2.05) is 24.3 Å². The Morgan fingerprint density at radius 1 is 1.38 bits per heavy atom. The quantitative estimate of drug-likeness (QED) is 0.881. The molecular formula is C17H21N5O2. The van der Waals surface area contributed by atoms with Crippen molar-refractivity contribution in [1.29, 1.82) is 0 Å². The van der Waals surface area contributed by atoms with Crippen LogP contribution in [0.5, 0.6) is 0 Å². The number of nitrogens with zero attached hydrogens (tertiary/aromatic N) is 3. The second-order valence-electron chi connectivity index (χ2n) is 6.54. The van der Waals surface area contributed by atoms with Gasteiger partial charge in [-0.05, 0) is 19.4 Å². The Morgan fingerprint density at radius 2 is 2.25 bits per heavy atom. The van der Waals surface area contributed by atoms with Crippen LogP contribution in [0.4, 0.5) is 0 Å². The summed E-state index contributed by atoms with van der Waals surface area (Å²) in [6.45, 7) is 4.66. The number of ether oxygens (including phenoxy) is 1. The Hall–Kier alpha value is -2.25. The lowest BCUT2D eigenvalue weighted by molar-refractivity contribution is -0.0390. The van der Waals surface area contributed by atoms with Crippen molar-refractivity contribution in [1.82, 2.24) is 25.4 Å². The van der Waals surface area contributed by atoms with Gasteiger partial charge in [-0.1, -0.05) is 18.2 Å². The van der Waals surface area contributed by atoms with Gasteiger partial charge >= 0.3 is 0 Å². The Balaban J connectivity index is 1.48. The van der Waals surface area contributed by atoms with Crippen molar-refractivity contribution in [3.05, 3.63) is 36.2 Å². The number of aromatic nitrogens is 3. The summed E-state index contributed by atoms with van der Waals surface area (Å²) in [4.78, 5) is 19.3. The SMILES string of the molecule is C[C@H]1CN2C[C@@H](NC(=O)c3ccccc3-c3ncn[nH]3)C[C@H]2CO1. The van der Waals surface area contributed by atoms with E-state index in [1.165, 1.54) is 6.33 Å². The van der Waals surface area contributed by atoms with Crippen molar-refractivity contribution < 1.29 is 9.53 Å². The lowest BCUT2D eigenvalue weighted by Gasteiger charge is -2.33. The fourth-order valence-electron chi connectivity index (χ4n) is 3.63. The monoisotopic (exact) mass is 327 g/mol. The molecule has 7 heteroatoms. The van der Waals surface area contributed by atoms with Crippen LogP contribution in [0.3, 0.4) is 0 Å². The highest BCUT2D eigenvalue weighted by Crippen LogP contribution is 2.24. The van der Waals surface area contributed by atoms with Crippen LogP contribution in [0.2, 0.25) is 0 Å². The van der Waals surface area contributed by atoms with Crippen LogP contribution in [-0.4, -0.2) is 63.9 Å². The summed E-state index contributed by atoms with van der Waals surface area (Å²) in [5, 5.41) is 9.86. The maximum absolute atomic E-state index is 12.8. The summed E-state index contributed by atoms with van der Waals surface area (Å²) in [5.41, 5.74) is 1.38. The molecule has 0 spiro atoms. The average molecular weight is 327 g/mol. The number of nitrogens with one attached hydrogen (secondary N) is 2. The average Bonchev–Trinajstić information content (AvgIpc) is 3.23. The Labute approximate surface area is 140 Å². The lowest BCUT2D eigenvalue weighted by atomic mass is 10.1. The fraction of sp³-hybridized carbons (Fsp3) is 0.471. The standard InChI is InChI=1S/C17H21N5O2/c1-11-7-22-8-12(6-13(22)9-24-11)20-17(23)15-5-3-2-4-14(15)16-18-10-19-21-16/h2-5,10-13H,6-9H2,1H3,(H,20,23)(H,18,19,21)/t11-,12-,13-/m0/s1. The minimum Gasteiger partial charge on any atom is -0.376 e. The number of amides is 1. The lowest BCUT2D eigenvalue weighted by Crippen LogP contribution is -2.45. The molecule has 0 bridgehead atoms. The van der Waals surface area contributed by atoms with Crippen molar-refractivity contribution in [2.45, 2.75) is 31.5 Å². The van der Waals surface area contributed by atoms with Gasteiger partial charge in [0.15, 0.2) is 5.82 Å². The summed E-state index contributed by atoms with van der Waals surface area (Å²) >= 11 is 0. The molecule has 3 atom stereocenters. The topological polar surface area (TPSA) is 83.1 Å². The van der Waals surface area contributed by atoms with E-state index in [0.29, 0.717) is 17.4 Å². The summed E-state index contributed by atoms with van der Waals surface area (Å²) < 4.78 is 5.72. The van der Waals surface area contributed by atoms with Crippen molar-refractivity contribution >= 4 is 5.91 Å². The molecule has 0 aliphatic carbocycles. The number of benzene rings is 1. The third kappa shape index (κ3) is 2.92. The zero-order valence-corrected chi connectivity index (χ0v) is 13.6. The maximum Gasteiger partial charge on any atom is 0.252 e. The number of H-pyrrole nitrogens is 1. The predicted molar refractivity (Wildman–Crippen MR) is 88.5 cm³/mol. The summed E-state index contributed by atoms with van der Waals surface area (Å²) in [6, 6.07) is 8.02. The first-order chi connectivity index (χ1) is 11.7. The Bertz CT molecular complexity index is 718. The van der Waals surface area contributed by atoms with E-state index in [4.69, 9.17) is 4.74 Å². The number of carbonyl (C=O) groups excluding carboxylic acids is 1. The molecule has 0 unspecified atom stereocenters. The van der Waals surface area contributed by atoms with Crippen LogP contribution in [0, 0.1) is 0 Å². The normalized spacial score (nSPS) is 27.0. The first kappa shape index (κ1) is 15.3. The van der Waals surface area contributed by atoms with Crippen molar-refractivity contribution in [3.8, 4) is 11.4 Å². The third-order valence-electron chi connectivity index (χ3n) is 4.77. The van der Waals surface area contributed by atoms with Gasteiger partial charge in [-0.25, -0.2) is 4.98 Å². The molecule has 2 N–H and O–H groups in total. The molecular weight excluding hydrogens is 306 g/mol. The molecule has 1 amide bonds. The number of morpholine rings is 1. The molecule has 2 aromatic rings. The number of rotatable bonds is 3. The first-order valence-electron chi connectivity index (χ1n) is 8.32. The van der Waals surface area contributed by atoms with E-state index >= 15 is 0 Å². The molecule has 126 valence electrons. The Morgan fingerprint density at radius 3 is 3.08 bits per heavy atom. The van der Waals surface area contributed by atoms with Crippen LogP contribution >= 0.6 is 0 Å². The first-order valence-corrected chi connectivity index (χ1v) is 8.32. The minimum atomic E-state index is -0.0687. The fourth-order valence-corrected chi connectivity index (χ4v) is 3.63. The molecule has 2 aliphatic rings. The van der Waals surface area contributed by atoms with Gasteiger partial charge in [-0.15, -0.1) is 0 Å². The van der Waals surface area contributed by atoms with E-state index in [9.17, 15) is 4.79 Å². The third-order valence-corrected chi connectivity index (χ3v) is 4.77. The summed E-state index contributed by atoms with van der Waals surface area (Å²) in [7, 11) is 0. The van der Waals surface area contributed by atoms with Crippen molar-refractivity contribution in [2.24, 2.45) is 0 Å².